The molecule has 2 heterocycles. The third kappa shape index (κ3) is 2.92. The fraction of sp³-hybridized carbons (Fsp3) is 0.263. The molecule has 1 aliphatic rings. The van der Waals surface area contributed by atoms with E-state index in [1.54, 1.807) is 0 Å². The Balaban J connectivity index is 1.65. The lowest BCUT2D eigenvalue weighted by Crippen LogP contribution is -2.36. The topological polar surface area (TPSA) is 88.9 Å². The van der Waals surface area contributed by atoms with E-state index in [4.69, 9.17) is 0 Å². The van der Waals surface area contributed by atoms with Crippen molar-refractivity contribution in [1.82, 2.24) is 14.8 Å². The molecule has 3 aromatic rings. The normalized spacial score (nSPS) is 16.2. The molecule has 0 radical (unpaired) electrons. The van der Waals surface area contributed by atoms with Crippen LogP contribution in [0.1, 0.15) is 31.6 Å². The van der Waals surface area contributed by atoms with Crippen molar-refractivity contribution in [3.8, 4) is 0 Å². The molecule has 2 N–H and O–H groups in total. The second-order valence-electron chi connectivity index (χ2n) is 6.33. The SMILES string of the molecule is CCCc1nc2n(n1)C(C(=O)Nc1cccc3ccccc13)CC(=O)N2. The van der Waals surface area contributed by atoms with Gasteiger partial charge in [-0.25, -0.2) is 4.68 Å². The van der Waals surface area contributed by atoms with Gasteiger partial charge in [0.15, 0.2) is 5.82 Å². The average molecular weight is 349 g/mol. The van der Waals surface area contributed by atoms with Gasteiger partial charge in [0.05, 0.1) is 6.42 Å². The van der Waals surface area contributed by atoms with Gasteiger partial charge < -0.3 is 5.32 Å². The Morgan fingerprint density at radius 3 is 2.92 bits per heavy atom. The highest BCUT2D eigenvalue weighted by atomic mass is 16.2. The minimum Gasteiger partial charge on any atom is -0.324 e. The molecule has 1 aromatic heterocycles. The van der Waals surface area contributed by atoms with E-state index in [-0.39, 0.29) is 18.2 Å². The smallest absolute Gasteiger partial charge is 0.249 e. The summed E-state index contributed by atoms with van der Waals surface area (Å²) >= 11 is 0. The summed E-state index contributed by atoms with van der Waals surface area (Å²) in [5, 5.41) is 12.0. The number of hydrogen-bond acceptors (Lipinski definition) is 4. The van der Waals surface area contributed by atoms with E-state index >= 15 is 0 Å². The Hall–Kier alpha value is -3.22. The van der Waals surface area contributed by atoms with Crippen molar-refractivity contribution in [1.29, 1.82) is 0 Å². The van der Waals surface area contributed by atoms with Crippen molar-refractivity contribution in [2.24, 2.45) is 0 Å². The molecule has 1 aliphatic heterocycles. The maximum Gasteiger partial charge on any atom is 0.249 e. The first-order valence-electron chi connectivity index (χ1n) is 8.69. The molecule has 0 saturated heterocycles. The van der Waals surface area contributed by atoms with Crippen LogP contribution < -0.4 is 10.6 Å². The monoisotopic (exact) mass is 349 g/mol. The van der Waals surface area contributed by atoms with Crippen LogP contribution in [0.5, 0.6) is 0 Å². The van der Waals surface area contributed by atoms with Gasteiger partial charge in [-0.15, -0.1) is 0 Å². The van der Waals surface area contributed by atoms with Gasteiger partial charge in [-0.05, 0) is 17.9 Å². The summed E-state index contributed by atoms with van der Waals surface area (Å²) in [6, 6.07) is 12.9. The maximum absolute atomic E-state index is 12.9. The molecule has 7 heteroatoms. The maximum atomic E-state index is 12.9. The quantitative estimate of drug-likeness (QED) is 0.758. The number of carbonyl (C=O) groups excluding carboxylic acids is 2. The zero-order valence-electron chi connectivity index (χ0n) is 14.4. The molecule has 0 spiro atoms. The second kappa shape index (κ2) is 6.59. The Morgan fingerprint density at radius 2 is 2.08 bits per heavy atom. The molecule has 4 rings (SSSR count). The van der Waals surface area contributed by atoms with Crippen LogP contribution in [0.3, 0.4) is 0 Å². The summed E-state index contributed by atoms with van der Waals surface area (Å²) < 4.78 is 1.52. The van der Waals surface area contributed by atoms with Crippen molar-refractivity contribution in [3.63, 3.8) is 0 Å². The number of hydrogen-bond donors (Lipinski definition) is 2. The lowest BCUT2D eigenvalue weighted by atomic mass is 10.1. The van der Waals surface area contributed by atoms with E-state index in [0.29, 0.717) is 18.2 Å². The molecule has 0 aliphatic carbocycles. The number of nitrogens with one attached hydrogen (secondary N) is 2. The predicted molar refractivity (Wildman–Crippen MR) is 98.9 cm³/mol. The van der Waals surface area contributed by atoms with Gasteiger partial charge in [-0.3, -0.25) is 14.9 Å². The van der Waals surface area contributed by atoms with E-state index in [1.165, 1.54) is 4.68 Å². The van der Waals surface area contributed by atoms with E-state index in [0.717, 1.165) is 22.9 Å². The van der Waals surface area contributed by atoms with Crippen LogP contribution in [0.4, 0.5) is 11.6 Å². The Kier molecular flexibility index (Phi) is 4.12. The lowest BCUT2D eigenvalue weighted by molar-refractivity contribution is -0.125. The van der Waals surface area contributed by atoms with Gasteiger partial charge in [-0.2, -0.15) is 10.1 Å². The zero-order valence-corrected chi connectivity index (χ0v) is 14.4. The summed E-state index contributed by atoms with van der Waals surface area (Å²) in [4.78, 5) is 29.2. The van der Waals surface area contributed by atoms with E-state index in [9.17, 15) is 9.59 Å². The van der Waals surface area contributed by atoms with Crippen LogP contribution in [0.2, 0.25) is 0 Å². The van der Waals surface area contributed by atoms with Gasteiger partial charge in [0.25, 0.3) is 0 Å². The molecule has 0 fully saturated rings. The summed E-state index contributed by atoms with van der Waals surface area (Å²) in [5.74, 6) is 0.465. The Bertz CT molecular complexity index is 989. The molecule has 1 atom stereocenters. The summed E-state index contributed by atoms with van der Waals surface area (Å²) in [6.07, 6.45) is 1.64. The lowest BCUT2D eigenvalue weighted by Gasteiger charge is -2.22. The average Bonchev–Trinajstić information content (AvgIpc) is 3.03. The molecule has 132 valence electrons. The highest BCUT2D eigenvalue weighted by Crippen LogP contribution is 2.27. The molecule has 0 saturated carbocycles. The molecule has 2 aromatic carbocycles. The molecular formula is C19H19N5O2. The van der Waals surface area contributed by atoms with E-state index in [1.807, 2.05) is 49.4 Å². The molecule has 0 bridgehead atoms. The van der Waals surface area contributed by atoms with Crippen LogP contribution in [-0.4, -0.2) is 26.6 Å². The predicted octanol–water partition coefficient (Wildman–Crippen LogP) is 2.91. The van der Waals surface area contributed by atoms with Crippen molar-refractivity contribution < 1.29 is 9.59 Å². The fourth-order valence-corrected chi connectivity index (χ4v) is 3.19. The standard InChI is InChI=1S/C19H19N5O2/c1-2-6-16-21-19-22-17(25)11-15(24(19)23-16)18(26)20-14-10-5-8-12-7-3-4-9-13(12)14/h3-5,7-10,15H,2,6,11H2,1H3,(H,20,26)(H,21,22,23,25). The number of rotatable bonds is 4. The first-order chi connectivity index (χ1) is 12.7. The van der Waals surface area contributed by atoms with Crippen LogP contribution >= 0.6 is 0 Å². The summed E-state index contributed by atoms with van der Waals surface area (Å²) in [7, 11) is 0. The van der Waals surface area contributed by atoms with E-state index in [2.05, 4.69) is 20.7 Å². The Labute approximate surface area is 150 Å². The van der Waals surface area contributed by atoms with Crippen LogP contribution in [0, 0.1) is 0 Å². The molecule has 7 nitrogen and oxygen atoms in total. The van der Waals surface area contributed by atoms with Crippen LogP contribution in [0.25, 0.3) is 10.8 Å². The third-order valence-electron chi connectivity index (χ3n) is 4.42. The number of aryl methyl sites for hydroxylation is 1. The minimum atomic E-state index is -0.712. The van der Waals surface area contributed by atoms with Gasteiger partial charge in [0.2, 0.25) is 17.8 Å². The van der Waals surface area contributed by atoms with Gasteiger partial charge in [-0.1, -0.05) is 43.3 Å². The number of fused-ring (bicyclic) bond motifs is 2. The van der Waals surface area contributed by atoms with Gasteiger partial charge >= 0.3 is 0 Å². The van der Waals surface area contributed by atoms with Crippen molar-refractivity contribution in [2.75, 3.05) is 10.6 Å². The molecule has 26 heavy (non-hydrogen) atoms. The third-order valence-corrected chi connectivity index (χ3v) is 4.42. The largest absolute Gasteiger partial charge is 0.324 e. The number of amides is 2. The number of nitrogens with zero attached hydrogens (tertiary/aromatic N) is 3. The molecule has 1 unspecified atom stereocenters. The van der Waals surface area contributed by atoms with Gasteiger partial charge in [0, 0.05) is 17.5 Å². The number of benzene rings is 2. The molecule has 2 amide bonds. The summed E-state index contributed by atoms with van der Waals surface area (Å²) in [5.41, 5.74) is 0.717. The van der Waals surface area contributed by atoms with Crippen LogP contribution in [-0.2, 0) is 16.0 Å². The molecular weight excluding hydrogens is 330 g/mol. The Morgan fingerprint density at radius 1 is 1.27 bits per heavy atom. The van der Waals surface area contributed by atoms with Crippen molar-refractivity contribution in [2.45, 2.75) is 32.2 Å². The van der Waals surface area contributed by atoms with E-state index < -0.39 is 6.04 Å². The van der Waals surface area contributed by atoms with Crippen molar-refractivity contribution in [3.05, 3.63) is 48.3 Å². The number of anilines is 2. The first-order valence-corrected chi connectivity index (χ1v) is 8.69. The van der Waals surface area contributed by atoms with Gasteiger partial charge in [0.1, 0.15) is 6.04 Å². The highest BCUT2D eigenvalue weighted by Gasteiger charge is 2.33. The first kappa shape index (κ1) is 16.3. The van der Waals surface area contributed by atoms with Crippen molar-refractivity contribution >= 4 is 34.2 Å². The summed E-state index contributed by atoms with van der Waals surface area (Å²) in [6.45, 7) is 2.03. The minimum absolute atomic E-state index is 0.0402. The highest BCUT2D eigenvalue weighted by molar-refractivity contribution is 6.05. The number of carbonyl (C=O) groups is 2. The zero-order chi connectivity index (χ0) is 18.1. The second-order valence-corrected chi connectivity index (χ2v) is 6.33. The van der Waals surface area contributed by atoms with Crippen LogP contribution in [0.15, 0.2) is 42.5 Å². The number of aromatic nitrogens is 3. The fourth-order valence-electron chi connectivity index (χ4n) is 3.19.